The Morgan fingerprint density at radius 2 is 1.80 bits per heavy atom. The third-order valence-electron chi connectivity index (χ3n) is 8.29. The van der Waals surface area contributed by atoms with Gasteiger partial charge in [0.2, 0.25) is 0 Å². The van der Waals surface area contributed by atoms with E-state index in [1.54, 1.807) is 0 Å². The van der Waals surface area contributed by atoms with Gasteiger partial charge in [-0.05, 0) is 49.9 Å². The van der Waals surface area contributed by atoms with Crippen LogP contribution < -0.4 is 0 Å². The van der Waals surface area contributed by atoms with Gasteiger partial charge < -0.3 is 9.47 Å². The van der Waals surface area contributed by atoms with Crippen molar-refractivity contribution in [3.63, 3.8) is 0 Å². The van der Waals surface area contributed by atoms with Crippen LogP contribution in [0.4, 0.5) is 0 Å². The average molecular weight is 349 g/mol. The number of hydrogen-bond acceptors (Lipinski definition) is 2. The molecule has 0 aromatic carbocycles. The van der Waals surface area contributed by atoms with Crippen LogP contribution in [0.15, 0.2) is 0 Å². The number of ether oxygens (including phenoxy) is 2. The van der Waals surface area contributed by atoms with E-state index in [1.165, 1.54) is 77.0 Å². The highest BCUT2D eigenvalue weighted by molar-refractivity contribution is 5.13. The summed E-state index contributed by atoms with van der Waals surface area (Å²) < 4.78 is 12.6. The summed E-state index contributed by atoms with van der Waals surface area (Å²) in [6.07, 6.45) is 17.1. The van der Waals surface area contributed by atoms with Gasteiger partial charge in [-0.25, -0.2) is 0 Å². The van der Waals surface area contributed by atoms with Gasteiger partial charge in [-0.15, -0.1) is 0 Å². The molecular weight excluding hydrogens is 308 g/mol. The van der Waals surface area contributed by atoms with Gasteiger partial charge in [0.25, 0.3) is 0 Å². The maximum atomic E-state index is 6.31. The highest BCUT2D eigenvalue weighted by atomic mass is 16.6. The lowest BCUT2D eigenvalue weighted by Crippen LogP contribution is -2.44. The Bertz CT molecular complexity index is 451. The molecule has 2 heterocycles. The Kier molecular flexibility index (Phi) is 5.23. The SMILES string of the molecule is CCCCCC1(C(C(C)C2CCCCC2)C2CCCC3(C)OC23)CO1. The first-order valence-electron chi connectivity index (χ1n) is 11.4. The van der Waals surface area contributed by atoms with E-state index < -0.39 is 0 Å². The summed E-state index contributed by atoms with van der Waals surface area (Å²) in [4.78, 5) is 0. The second-order valence-corrected chi connectivity index (χ2v) is 10.0. The van der Waals surface area contributed by atoms with Crippen LogP contribution in [0.25, 0.3) is 0 Å². The summed E-state index contributed by atoms with van der Waals surface area (Å²) in [6, 6.07) is 0. The largest absolute Gasteiger partial charge is 0.369 e. The molecule has 25 heavy (non-hydrogen) atoms. The summed E-state index contributed by atoms with van der Waals surface area (Å²) in [5.41, 5.74) is 0.424. The molecule has 4 rings (SSSR count). The molecule has 2 aliphatic heterocycles. The van der Waals surface area contributed by atoms with Gasteiger partial charge in [0.05, 0.1) is 23.9 Å². The van der Waals surface area contributed by atoms with E-state index in [4.69, 9.17) is 9.47 Å². The molecule has 4 aliphatic rings. The van der Waals surface area contributed by atoms with Crippen molar-refractivity contribution in [3.8, 4) is 0 Å². The van der Waals surface area contributed by atoms with Gasteiger partial charge in [-0.2, -0.15) is 0 Å². The summed E-state index contributed by atoms with van der Waals surface area (Å²) >= 11 is 0. The standard InChI is InChI=1S/C23H40O2/c1-4-5-9-15-23(16-24-23)20(17(2)18-11-7-6-8-12-18)19-13-10-14-22(3)21(19)25-22/h17-21H,4-16H2,1-3H3. The lowest BCUT2D eigenvalue weighted by molar-refractivity contribution is 0.0383. The van der Waals surface area contributed by atoms with E-state index in [0.29, 0.717) is 6.10 Å². The predicted molar refractivity (Wildman–Crippen MR) is 103 cm³/mol. The molecule has 0 aromatic heterocycles. The van der Waals surface area contributed by atoms with Gasteiger partial charge in [-0.3, -0.25) is 0 Å². The molecule has 0 spiro atoms. The van der Waals surface area contributed by atoms with E-state index >= 15 is 0 Å². The monoisotopic (exact) mass is 348 g/mol. The first kappa shape index (κ1) is 18.3. The van der Waals surface area contributed by atoms with Crippen molar-refractivity contribution in [3.05, 3.63) is 0 Å². The zero-order chi connectivity index (χ0) is 17.5. The summed E-state index contributed by atoms with van der Waals surface area (Å²) in [5.74, 6) is 3.22. The normalized spacial score (nSPS) is 43.3. The molecule has 0 amide bonds. The Morgan fingerprint density at radius 3 is 2.48 bits per heavy atom. The predicted octanol–water partition coefficient (Wildman–Crippen LogP) is 6.13. The zero-order valence-corrected chi connectivity index (χ0v) is 16.9. The Morgan fingerprint density at radius 1 is 1.04 bits per heavy atom. The van der Waals surface area contributed by atoms with E-state index in [1.807, 2.05) is 0 Å². The quantitative estimate of drug-likeness (QED) is 0.389. The van der Waals surface area contributed by atoms with Gasteiger partial charge in [0.15, 0.2) is 0 Å². The lowest BCUT2D eigenvalue weighted by Gasteiger charge is -2.42. The summed E-state index contributed by atoms with van der Waals surface area (Å²) in [6.45, 7) is 8.29. The first-order valence-corrected chi connectivity index (χ1v) is 11.4. The van der Waals surface area contributed by atoms with E-state index in [9.17, 15) is 0 Å². The van der Waals surface area contributed by atoms with Crippen molar-refractivity contribution in [1.29, 1.82) is 0 Å². The Labute approximate surface area is 155 Å². The summed E-state index contributed by atoms with van der Waals surface area (Å²) in [7, 11) is 0. The van der Waals surface area contributed by atoms with Crippen molar-refractivity contribution in [2.45, 2.75) is 115 Å². The molecule has 2 saturated heterocycles. The first-order chi connectivity index (χ1) is 12.1. The van der Waals surface area contributed by atoms with E-state index in [0.717, 1.165) is 30.3 Å². The molecule has 6 unspecified atom stereocenters. The van der Waals surface area contributed by atoms with Crippen LogP contribution in [-0.4, -0.2) is 23.9 Å². The third-order valence-corrected chi connectivity index (χ3v) is 8.29. The van der Waals surface area contributed by atoms with Gasteiger partial charge in [0, 0.05) is 0 Å². The number of hydrogen-bond donors (Lipinski definition) is 0. The number of epoxide rings is 2. The van der Waals surface area contributed by atoms with Gasteiger partial charge in [0.1, 0.15) is 0 Å². The molecule has 6 atom stereocenters. The van der Waals surface area contributed by atoms with Crippen molar-refractivity contribution in [1.82, 2.24) is 0 Å². The molecule has 2 heteroatoms. The van der Waals surface area contributed by atoms with Gasteiger partial charge >= 0.3 is 0 Å². The minimum absolute atomic E-state index is 0.209. The molecule has 144 valence electrons. The second kappa shape index (κ2) is 7.15. The number of rotatable bonds is 8. The maximum Gasteiger partial charge on any atom is 0.0950 e. The van der Waals surface area contributed by atoms with Crippen molar-refractivity contribution in [2.75, 3.05) is 6.61 Å². The molecule has 2 saturated carbocycles. The molecule has 0 N–H and O–H groups in total. The number of fused-ring (bicyclic) bond motifs is 1. The van der Waals surface area contributed by atoms with Crippen molar-refractivity contribution >= 4 is 0 Å². The van der Waals surface area contributed by atoms with E-state index in [-0.39, 0.29) is 11.2 Å². The highest BCUT2D eigenvalue weighted by Gasteiger charge is 2.65. The van der Waals surface area contributed by atoms with Crippen LogP contribution in [0, 0.1) is 23.7 Å². The van der Waals surface area contributed by atoms with Crippen LogP contribution in [0.3, 0.4) is 0 Å². The summed E-state index contributed by atoms with van der Waals surface area (Å²) in [5, 5.41) is 0. The molecular formula is C23H40O2. The Hall–Kier alpha value is -0.0800. The highest BCUT2D eigenvalue weighted by Crippen LogP contribution is 2.60. The minimum Gasteiger partial charge on any atom is -0.369 e. The van der Waals surface area contributed by atoms with Crippen LogP contribution in [-0.2, 0) is 9.47 Å². The van der Waals surface area contributed by atoms with Crippen LogP contribution in [0.5, 0.6) is 0 Å². The van der Waals surface area contributed by atoms with Crippen LogP contribution in [0.2, 0.25) is 0 Å². The molecule has 2 aliphatic carbocycles. The topological polar surface area (TPSA) is 25.1 Å². The lowest BCUT2D eigenvalue weighted by atomic mass is 9.61. The third kappa shape index (κ3) is 3.55. The zero-order valence-electron chi connectivity index (χ0n) is 16.9. The maximum absolute atomic E-state index is 6.31. The van der Waals surface area contributed by atoms with Crippen molar-refractivity contribution in [2.24, 2.45) is 23.7 Å². The fourth-order valence-corrected chi connectivity index (χ4v) is 6.69. The molecule has 0 aromatic rings. The number of unbranched alkanes of at least 4 members (excludes halogenated alkanes) is 2. The van der Waals surface area contributed by atoms with Crippen LogP contribution in [0.1, 0.15) is 97.8 Å². The van der Waals surface area contributed by atoms with Crippen LogP contribution >= 0.6 is 0 Å². The fourth-order valence-electron chi connectivity index (χ4n) is 6.69. The molecule has 0 bridgehead atoms. The second-order valence-electron chi connectivity index (χ2n) is 10.0. The smallest absolute Gasteiger partial charge is 0.0950 e. The molecule has 2 nitrogen and oxygen atoms in total. The van der Waals surface area contributed by atoms with Gasteiger partial charge in [-0.1, -0.05) is 71.6 Å². The van der Waals surface area contributed by atoms with E-state index in [2.05, 4.69) is 20.8 Å². The van der Waals surface area contributed by atoms with Crippen molar-refractivity contribution < 1.29 is 9.47 Å². The molecule has 0 radical (unpaired) electrons. The molecule has 4 fully saturated rings. The fraction of sp³-hybridized carbons (Fsp3) is 1.00. The Balaban J connectivity index is 1.53. The minimum atomic E-state index is 0.209. The average Bonchev–Trinajstić information content (AvgIpc) is 3.52.